The van der Waals surface area contributed by atoms with Crippen LogP contribution < -0.4 is 5.32 Å². The fraction of sp³-hybridized carbons (Fsp3) is 0.780. The summed E-state index contributed by atoms with van der Waals surface area (Å²) in [5.41, 5.74) is 0. The van der Waals surface area contributed by atoms with Crippen LogP contribution in [0.15, 0.2) is 48.6 Å². The molecule has 0 rings (SSSR count). The number of amides is 1. The maximum absolute atomic E-state index is 12.8. The second-order valence-electron chi connectivity index (χ2n) is 14.6. The summed E-state index contributed by atoms with van der Waals surface area (Å²) in [6, 6.07) is -0.860. The molecule has 0 aromatic heterocycles. The highest BCUT2D eigenvalue weighted by Gasteiger charge is 2.27. The number of hydrogen-bond acceptors (Lipinski definition) is 5. The van der Waals surface area contributed by atoms with Crippen molar-refractivity contribution >= 4 is 13.7 Å². The zero-order valence-corrected chi connectivity index (χ0v) is 33.8. The van der Waals surface area contributed by atoms with Gasteiger partial charge in [0.15, 0.2) is 0 Å². The molecular formula is C41H78N2O6P+. The summed E-state index contributed by atoms with van der Waals surface area (Å²) in [7, 11) is 1.54. The molecule has 0 heterocycles. The van der Waals surface area contributed by atoms with E-state index in [9.17, 15) is 19.4 Å². The van der Waals surface area contributed by atoms with E-state index in [1.807, 2.05) is 27.2 Å². The van der Waals surface area contributed by atoms with Gasteiger partial charge in [0.1, 0.15) is 13.2 Å². The fourth-order valence-corrected chi connectivity index (χ4v) is 6.08. The first-order valence-corrected chi connectivity index (χ1v) is 21.5. The second-order valence-corrected chi connectivity index (χ2v) is 16.1. The summed E-state index contributed by atoms with van der Waals surface area (Å²) >= 11 is 0. The number of carbonyl (C=O) groups excluding carboxylic acids is 1. The molecule has 0 fully saturated rings. The molecule has 9 heteroatoms. The van der Waals surface area contributed by atoms with Crippen molar-refractivity contribution in [1.29, 1.82) is 0 Å². The third kappa shape index (κ3) is 34.9. The Balaban J connectivity index is 4.57. The number of rotatable bonds is 35. The molecule has 0 saturated carbocycles. The van der Waals surface area contributed by atoms with Gasteiger partial charge < -0.3 is 19.8 Å². The smallest absolute Gasteiger partial charge is 0.387 e. The molecule has 3 N–H and O–H groups in total. The minimum Gasteiger partial charge on any atom is -0.387 e. The van der Waals surface area contributed by atoms with E-state index in [-0.39, 0.29) is 19.1 Å². The van der Waals surface area contributed by atoms with E-state index in [0.717, 1.165) is 64.2 Å². The number of phosphoric acid groups is 1. The molecule has 0 aliphatic rings. The van der Waals surface area contributed by atoms with Crippen LogP contribution in [0, 0.1) is 0 Å². The number of aliphatic hydroxyl groups excluding tert-OH is 1. The van der Waals surface area contributed by atoms with E-state index in [1.165, 1.54) is 70.6 Å². The van der Waals surface area contributed by atoms with Gasteiger partial charge in [-0.3, -0.25) is 13.8 Å². The topological polar surface area (TPSA) is 105 Å². The molecule has 0 spiro atoms. The number of allylic oxidation sites excluding steroid dienone is 7. The Bertz CT molecular complexity index is 959. The second kappa shape index (κ2) is 33.3. The van der Waals surface area contributed by atoms with E-state index in [0.29, 0.717) is 17.4 Å². The molecule has 0 aliphatic carbocycles. The highest BCUT2D eigenvalue weighted by atomic mass is 31.2. The number of nitrogens with zero attached hydrogens (tertiary/aromatic N) is 1. The lowest BCUT2D eigenvalue weighted by atomic mass is 10.0. The van der Waals surface area contributed by atoms with E-state index in [2.05, 4.69) is 55.6 Å². The Morgan fingerprint density at radius 1 is 0.700 bits per heavy atom. The van der Waals surface area contributed by atoms with Crippen LogP contribution in [0.1, 0.15) is 155 Å². The first-order valence-electron chi connectivity index (χ1n) is 20.0. The quantitative estimate of drug-likeness (QED) is 0.0260. The van der Waals surface area contributed by atoms with E-state index in [1.54, 1.807) is 6.08 Å². The molecule has 0 aromatic rings. The van der Waals surface area contributed by atoms with Crippen LogP contribution in [0.4, 0.5) is 0 Å². The van der Waals surface area contributed by atoms with Crippen molar-refractivity contribution in [3.05, 3.63) is 48.6 Å². The van der Waals surface area contributed by atoms with Gasteiger partial charge in [-0.15, -0.1) is 0 Å². The first-order chi connectivity index (χ1) is 24.0. The monoisotopic (exact) mass is 726 g/mol. The molecule has 0 aliphatic heterocycles. The van der Waals surface area contributed by atoms with Gasteiger partial charge in [0.25, 0.3) is 0 Å². The third-order valence-corrected chi connectivity index (χ3v) is 9.54. The zero-order chi connectivity index (χ0) is 37.2. The summed E-state index contributed by atoms with van der Waals surface area (Å²) in [6.45, 7) is 4.65. The lowest BCUT2D eigenvalue weighted by Crippen LogP contribution is -2.45. The van der Waals surface area contributed by atoms with Gasteiger partial charge in [-0.1, -0.05) is 146 Å². The Kier molecular flexibility index (Phi) is 32.3. The van der Waals surface area contributed by atoms with Gasteiger partial charge in [-0.2, -0.15) is 0 Å². The lowest BCUT2D eigenvalue weighted by molar-refractivity contribution is -0.870. The van der Waals surface area contributed by atoms with Crippen molar-refractivity contribution in [3.63, 3.8) is 0 Å². The standard InChI is InChI=1S/C41H77N2O6P/c1-6-8-10-12-14-16-18-20-21-23-24-26-28-30-32-34-40(44)39(38-49-50(46,47)48-37-36-43(3,4)5)42-41(45)35-33-31-29-27-25-22-19-17-15-13-11-9-7-2/h9,11,15,17,22,25,32,34,39-40,44H,6-8,10,12-14,16,18-21,23-24,26-31,33,35-38H2,1-5H3,(H-,42,45,46,47)/p+1/b11-9-,17-15-,25-22-,34-32+. The molecule has 0 bridgehead atoms. The van der Waals surface area contributed by atoms with Crippen LogP contribution in [0.3, 0.4) is 0 Å². The van der Waals surface area contributed by atoms with Gasteiger partial charge in [0.05, 0.1) is 39.9 Å². The van der Waals surface area contributed by atoms with Crippen LogP contribution >= 0.6 is 7.82 Å². The van der Waals surface area contributed by atoms with Crippen molar-refractivity contribution < 1.29 is 32.9 Å². The van der Waals surface area contributed by atoms with Crippen LogP contribution in [0.5, 0.6) is 0 Å². The number of phosphoric ester groups is 1. The molecule has 50 heavy (non-hydrogen) atoms. The largest absolute Gasteiger partial charge is 0.472 e. The number of carbonyl (C=O) groups is 1. The first kappa shape index (κ1) is 48.5. The summed E-state index contributed by atoms with van der Waals surface area (Å²) in [5.74, 6) is -0.209. The third-order valence-electron chi connectivity index (χ3n) is 8.55. The number of unbranched alkanes of at least 4 members (excludes halogenated alkanes) is 16. The van der Waals surface area contributed by atoms with Crippen LogP contribution in [0.2, 0.25) is 0 Å². The predicted molar refractivity (Wildman–Crippen MR) is 212 cm³/mol. The van der Waals surface area contributed by atoms with Crippen molar-refractivity contribution in [3.8, 4) is 0 Å². The van der Waals surface area contributed by atoms with Crippen molar-refractivity contribution in [2.45, 2.75) is 167 Å². The molecule has 1 amide bonds. The normalized spacial score (nSPS) is 15.1. The van der Waals surface area contributed by atoms with Gasteiger partial charge in [-0.25, -0.2) is 4.57 Å². The SMILES string of the molecule is CC/C=C\C/C=C\C/C=C\CCCCCC(=O)NC(COP(=O)(O)OCC[N+](C)(C)C)C(O)/C=C/CCCCCCCCCCCCCCC. The molecule has 0 saturated heterocycles. The van der Waals surface area contributed by atoms with Crippen LogP contribution in [-0.2, 0) is 18.4 Å². The van der Waals surface area contributed by atoms with Crippen LogP contribution in [0.25, 0.3) is 0 Å². The highest BCUT2D eigenvalue weighted by Crippen LogP contribution is 2.43. The summed E-state index contributed by atoms with van der Waals surface area (Å²) in [4.78, 5) is 23.0. The highest BCUT2D eigenvalue weighted by molar-refractivity contribution is 7.47. The van der Waals surface area contributed by atoms with Crippen molar-refractivity contribution in [2.75, 3.05) is 40.9 Å². The molecule has 0 aromatic carbocycles. The van der Waals surface area contributed by atoms with E-state index < -0.39 is 20.0 Å². The fourth-order valence-electron chi connectivity index (χ4n) is 5.35. The molecule has 292 valence electrons. The number of hydrogen-bond donors (Lipinski definition) is 3. The number of likely N-dealkylation sites (N-methyl/N-ethyl adjacent to an activating group) is 1. The Morgan fingerprint density at radius 2 is 1.20 bits per heavy atom. The molecule has 0 radical (unpaired) electrons. The Hall–Kier alpha value is -1.54. The zero-order valence-electron chi connectivity index (χ0n) is 32.9. The van der Waals surface area contributed by atoms with Gasteiger partial charge in [0.2, 0.25) is 5.91 Å². The van der Waals surface area contributed by atoms with Gasteiger partial charge in [-0.05, 0) is 51.4 Å². The Labute approximate surface area is 308 Å². The van der Waals surface area contributed by atoms with Crippen LogP contribution in [-0.4, -0.2) is 73.4 Å². The van der Waals surface area contributed by atoms with Gasteiger partial charge >= 0.3 is 7.82 Å². The lowest BCUT2D eigenvalue weighted by Gasteiger charge is -2.25. The van der Waals surface area contributed by atoms with Crippen molar-refractivity contribution in [1.82, 2.24) is 5.32 Å². The number of nitrogens with one attached hydrogen (secondary N) is 1. The van der Waals surface area contributed by atoms with E-state index in [4.69, 9.17) is 9.05 Å². The molecule has 3 unspecified atom stereocenters. The minimum atomic E-state index is -4.34. The summed E-state index contributed by atoms with van der Waals surface area (Å²) < 4.78 is 23.5. The predicted octanol–water partition coefficient (Wildman–Crippen LogP) is 10.5. The summed E-state index contributed by atoms with van der Waals surface area (Å²) in [5, 5.41) is 13.7. The molecule has 8 nitrogen and oxygen atoms in total. The average Bonchev–Trinajstić information content (AvgIpc) is 3.06. The maximum Gasteiger partial charge on any atom is 0.472 e. The maximum atomic E-state index is 12.8. The number of aliphatic hydroxyl groups is 1. The summed E-state index contributed by atoms with van der Waals surface area (Å²) in [6.07, 6.45) is 40.3. The van der Waals surface area contributed by atoms with E-state index >= 15 is 0 Å². The molecule has 3 atom stereocenters. The number of quaternary nitrogens is 1. The minimum absolute atomic E-state index is 0.0540. The average molecular weight is 726 g/mol. The molecular weight excluding hydrogens is 647 g/mol. The Morgan fingerprint density at radius 3 is 1.76 bits per heavy atom. The van der Waals surface area contributed by atoms with Crippen molar-refractivity contribution in [2.24, 2.45) is 0 Å². The van der Waals surface area contributed by atoms with Gasteiger partial charge in [0, 0.05) is 6.42 Å².